The number of rotatable bonds is 2. The van der Waals surface area contributed by atoms with Crippen LogP contribution in [-0.2, 0) is 11.3 Å². The first-order valence-corrected chi connectivity index (χ1v) is 8.13. The highest BCUT2D eigenvalue weighted by Gasteiger charge is 2.28. The Hall–Kier alpha value is -0.470. The van der Waals surface area contributed by atoms with E-state index in [2.05, 4.69) is 11.9 Å². The lowest BCUT2D eigenvalue weighted by Crippen LogP contribution is -2.31. The number of ether oxygens (including phenoxy) is 1. The van der Waals surface area contributed by atoms with Gasteiger partial charge in [-0.05, 0) is 59.1 Å². The number of aromatic nitrogens is 2. The smallest absolute Gasteiger partial charge is 0.178 e. The average Bonchev–Trinajstić information content (AvgIpc) is 2.67. The zero-order valence-corrected chi connectivity index (χ0v) is 14.2. The SMILES string of the molecule is CC1(Cn2c(=S)[nH]c3cc(I)c(F)cc32)CCOCC1. The van der Waals surface area contributed by atoms with E-state index in [4.69, 9.17) is 17.0 Å². The highest BCUT2D eigenvalue weighted by molar-refractivity contribution is 14.1. The van der Waals surface area contributed by atoms with Gasteiger partial charge in [-0.25, -0.2) is 4.39 Å². The Bertz CT molecular complexity index is 703. The number of hydrogen-bond donors (Lipinski definition) is 1. The van der Waals surface area contributed by atoms with E-state index in [1.807, 2.05) is 33.2 Å². The van der Waals surface area contributed by atoms with Crippen LogP contribution in [0.1, 0.15) is 19.8 Å². The summed E-state index contributed by atoms with van der Waals surface area (Å²) in [7, 11) is 0. The fourth-order valence-corrected chi connectivity index (χ4v) is 3.45. The Morgan fingerprint density at radius 3 is 2.85 bits per heavy atom. The Morgan fingerprint density at radius 2 is 2.15 bits per heavy atom. The molecule has 1 aromatic carbocycles. The molecule has 0 atom stereocenters. The van der Waals surface area contributed by atoms with Gasteiger partial charge in [0.15, 0.2) is 4.77 Å². The van der Waals surface area contributed by atoms with Gasteiger partial charge >= 0.3 is 0 Å². The number of benzene rings is 1. The van der Waals surface area contributed by atoms with Gasteiger partial charge in [0.25, 0.3) is 0 Å². The maximum absolute atomic E-state index is 13.8. The van der Waals surface area contributed by atoms with Gasteiger partial charge in [-0.1, -0.05) is 6.92 Å². The van der Waals surface area contributed by atoms with E-state index in [-0.39, 0.29) is 11.2 Å². The largest absolute Gasteiger partial charge is 0.381 e. The van der Waals surface area contributed by atoms with Crippen LogP contribution in [0.25, 0.3) is 11.0 Å². The number of halogens is 2. The Balaban J connectivity index is 2.04. The van der Waals surface area contributed by atoms with Crippen LogP contribution in [0, 0.1) is 19.6 Å². The molecule has 2 heterocycles. The highest BCUT2D eigenvalue weighted by atomic mass is 127. The van der Waals surface area contributed by atoms with Crippen LogP contribution in [0.4, 0.5) is 4.39 Å². The summed E-state index contributed by atoms with van der Waals surface area (Å²) in [6.07, 6.45) is 2.02. The van der Waals surface area contributed by atoms with E-state index in [9.17, 15) is 4.39 Å². The average molecular weight is 406 g/mol. The molecule has 1 fully saturated rings. The van der Waals surface area contributed by atoms with Crippen LogP contribution in [0.15, 0.2) is 12.1 Å². The molecule has 2 aromatic rings. The first kappa shape index (κ1) is 14.5. The Morgan fingerprint density at radius 1 is 1.45 bits per heavy atom. The molecule has 3 rings (SSSR count). The lowest BCUT2D eigenvalue weighted by molar-refractivity contribution is 0.0158. The van der Waals surface area contributed by atoms with Gasteiger partial charge in [0.2, 0.25) is 0 Å². The summed E-state index contributed by atoms with van der Waals surface area (Å²) in [5, 5.41) is 0. The minimum atomic E-state index is -0.196. The maximum atomic E-state index is 13.8. The van der Waals surface area contributed by atoms with Gasteiger partial charge in [0, 0.05) is 25.8 Å². The lowest BCUT2D eigenvalue weighted by Gasteiger charge is -2.33. The number of aromatic amines is 1. The van der Waals surface area contributed by atoms with Gasteiger partial charge in [-0.2, -0.15) is 0 Å². The zero-order chi connectivity index (χ0) is 14.3. The molecule has 0 amide bonds. The highest BCUT2D eigenvalue weighted by Crippen LogP contribution is 2.33. The molecule has 0 unspecified atom stereocenters. The first-order chi connectivity index (χ1) is 9.48. The van der Waals surface area contributed by atoms with Crippen molar-refractivity contribution in [3.8, 4) is 0 Å². The van der Waals surface area contributed by atoms with Crippen LogP contribution in [0.3, 0.4) is 0 Å². The molecule has 20 heavy (non-hydrogen) atoms. The van der Waals surface area contributed by atoms with Crippen molar-refractivity contribution in [2.45, 2.75) is 26.3 Å². The lowest BCUT2D eigenvalue weighted by atomic mass is 9.82. The quantitative estimate of drug-likeness (QED) is 0.597. The molecule has 1 aromatic heterocycles. The van der Waals surface area contributed by atoms with E-state index in [1.165, 1.54) is 0 Å². The molecule has 1 N–H and O–H groups in total. The summed E-state index contributed by atoms with van der Waals surface area (Å²) in [4.78, 5) is 3.18. The van der Waals surface area contributed by atoms with E-state index >= 15 is 0 Å². The van der Waals surface area contributed by atoms with E-state index in [0.29, 0.717) is 8.34 Å². The van der Waals surface area contributed by atoms with Gasteiger partial charge < -0.3 is 14.3 Å². The van der Waals surface area contributed by atoms with Crippen molar-refractivity contribution in [2.75, 3.05) is 13.2 Å². The standard InChI is InChI=1S/C14H16FIN2OS/c1-14(2-4-19-5-3-14)8-18-12-6-9(15)10(16)7-11(12)17-13(18)20/h6-7H,2-5,8H2,1H3,(H,17,20). The monoisotopic (exact) mass is 406 g/mol. The topological polar surface area (TPSA) is 29.9 Å². The fourth-order valence-electron chi connectivity index (χ4n) is 2.71. The summed E-state index contributed by atoms with van der Waals surface area (Å²) < 4.78 is 22.5. The summed E-state index contributed by atoms with van der Waals surface area (Å²) in [6, 6.07) is 3.38. The molecule has 0 aliphatic carbocycles. The molecule has 0 radical (unpaired) electrons. The fraction of sp³-hybridized carbons (Fsp3) is 0.500. The third-order valence-corrected chi connectivity index (χ3v) is 5.21. The molecule has 1 aliphatic rings. The van der Waals surface area contributed by atoms with E-state index in [1.54, 1.807) is 6.07 Å². The second kappa shape index (κ2) is 5.38. The molecule has 0 bridgehead atoms. The second-order valence-electron chi connectivity index (χ2n) is 5.72. The maximum Gasteiger partial charge on any atom is 0.178 e. The van der Waals surface area contributed by atoms with Crippen LogP contribution in [0.5, 0.6) is 0 Å². The van der Waals surface area contributed by atoms with Crippen molar-refractivity contribution < 1.29 is 9.13 Å². The number of H-pyrrole nitrogens is 1. The number of nitrogens with zero attached hydrogens (tertiary/aromatic N) is 1. The van der Waals surface area contributed by atoms with Crippen molar-refractivity contribution >= 4 is 45.8 Å². The predicted molar refractivity (Wildman–Crippen MR) is 88.0 cm³/mol. The van der Waals surface area contributed by atoms with Crippen LogP contribution in [0.2, 0.25) is 0 Å². The van der Waals surface area contributed by atoms with Crippen LogP contribution in [-0.4, -0.2) is 22.8 Å². The third kappa shape index (κ3) is 2.65. The van der Waals surface area contributed by atoms with Crippen molar-refractivity contribution in [3.63, 3.8) is 0 Å². The number of nitrogens with one attached hydrogen (secondary N) is 1. The van der Waals surface area contributed by atoms with Gasteiger partial charge in [0.05, 0.1) is 14.6 Å². The van der Waals surface area contributed by atoms with Crippen molar-refractivity contribution in [1.29, 1.82) is 0 Å². The summed E-state index contributed by atoms with van der Waals surface area (Å²) >= 11 is 7.41. The number of fused-ring (bicyclic) bond motifs is 1. The second-order valence-corrected chi connectivity index (χ2v) is 7.27. The molecule has 1 saturated heterocycles. The van der Waals surface area contributed by atoms with E-state index < -0.39 is 0 Å². The minimum absolute atomic E-state index is 0.158. The molecule has 0 saturated carbocycles. The van der Waals surface area contributed by atoms with Crippen molar-refractivity contribution in [1.82, 2.24) is 9.55 Å². The molecular weight excluding hydrogens is 390 g/mol. The third-order valence-electron chi connectivity index (χ3n) is 4.06. The van der Waals surface area contributed by atoms with Crippen LogP contribution < -0.4 is 0 Å². The molecular formula is C14H16FIN2OS. The Kier molecular flexibility index (Phi) is 3.89. The van der Waals surface area contributed by atoms with Crippen molar-refractivity contribution in [2.24, 2.45) is 5.41 Å². The van der Waals surface area contributed by atoms with Crippen LogP contribution >= 0.6 is 34.8 Å². The van der Waals surface area contributed by atoms with Crippen molar-refractivity contribution in [3.05, 3.63) is 26.3 Å². The molecule has 0 spiro atoms. The van der Waals surface area contributed by atoms with Gasteiger partial charge in [-0.15, -0.1) is 0 Å². The number of imidazole rings is 1. The van der Waals surface area contributed by atoms with Gasteiger partial charge in [-0.3, -0.25) is 0 Å². The molecule has 3 nitrogen and oxygen atoms in total. The first-order valence-electron chi connectivity index (χ1n) is 6.64. The summed E-state index contributed by atoms with van der Waals surface area (Å²) in [5.41, 5.74) is 1.91. The molecule has 1 aliphatic heterocycles. The summed E-state index contributed by atoms with van der Waals surface area (Å²) in [5.74, 6) is -0.196. The molecule has 108 valence electrons. The summed E-state index contributed by atoms with van der Waals surface area (Å²) in [6.45, 7) is 4.63. The predicted octanol–water partition coefficient (Wildman–Crippen LogP) is 4.26. The minimum Gasteiger partial charge on any atom is -0.381 e. The van der Waals surface area contributed by atoms with Gasteiger partial charge in [0.1, 0.15) is 5.82 Å². The number of hydrogen-bond acceptors (Lipinski definition) is 2. The Labute approximate surface area is 135 Å². The normalized spacial score (nSPS) is 18.6. The molecule has 6 heteroatoms. The van der Waals surface area contributed by atoms with E-state index in [0.717, 1.165) is 43.6 Å². The zero-order valence-electron chi connectivity index (χ0n) is 11.2.